The maximum Gasteiger partial charge on any atom is 0.248 e. The van der Waals surface area contributed by atoms with Crippen LogP contribution in [0.3, 0.4) is 0 Å². The summed E-state index contributed by atoms with van der Waals surface area (Å²) in [4.78, 5) is 11.9. The van der Waals surface area contributed by atoms with Gasteiger partial charge in [-0.2, -0.15) is 0 Å². The second kappa shape index (κ2) is 6.65. The van der Waals surface area contributed by atoms with Gasteiger partial charge in [-0.3, -0.25) is 4.79 Å². The van der Waals surface area contributed by atoms with E-state index in [4.69, 9.17) is 4.42 Å². The van der Waals surface area contributed by atoms with E-state index in [2.05, 4.69) is 15.5 Å². The summed E-state index contributed by atoms with van der Waals surface area (Å²) in [5.41, 5.74) is 1.91. The minimum absolute atomic E-state index is 0.322. The number of aromatic nitrogens is 2. The summed E-state index contributed by atoms with van der Waals surface area (Å²) in [7, 11) is 0. The lowest BCUT2D eigenvalue weighted by Gasteiger charge is -2.03. The molecule has 0 fully saturated rings. The van der Waals surface area contributed by atoms with Crippen molar-refractivity contribution in [2.45, 2.75) is 0 Å². The van der Waals surface area contributed by atoms with Crippen LogP contribution in [0, 0.1) is 5.82 Å². The lowest BCUT2D eigenvalue weighted by molar-refractivity contribution is -0.111. The number of hydrogen-bond acceptors (Lipinski definition) is 4. The van der Waals surface area contributed by atoms with Crippen LogP contribution >= 0.6 is 0 Å². The van der Waals surface area contributed by atoms with E-state index in [1.165, 1.54) is 24.6 Å². The second-order valence-electron chi connectivity index (χ2n) is 4.70. The lowest BCUT2D eigenvalue weighted by Crippen LogP contribution is -2.07. The number of nitrogens with zero attached hydrogens (tertiary/aromatic N) is 2. The second-order valence-corrected chi connectivity index (χ2v) is 4.70. The molecule has 5 nitrogen and oxygen atoms in total. The Kier molecular flexibility index (Phi) is 4.24. The molecule has 0 unspecified atom stereocenters. The van der Waals surface area contributed by atoms with Crippen LogP contribution in [0.5, 0.6) is 0 Å². The molecular formula is C17H12FN3O2. The number of hydrogen-bond donors (Lipinski definition) is 1. The highest BCUT2D eigenvalue weighted by Gasteiger charge is 2.05. The van der Waals surface area contributed by atoms with Crippen LogP contribution in [0.25, 0.3) is 17.5 Å². The Bertz CT molecular complexity index is 845. The molecular weight excluding hydrogens is 297 g/mol. The van der Waals surface area contributed by atoms with Gasteiger partial charge in [0.05, 0.1) is 0 Å². The van der Waals surface area contributed by atoms with Gasteiger partial charge in [-0.15, -0.1) is 10.2 Å². The van der Waals surface area contributed by atoms with Crippen LogP contribution in [0.15, 0.2) is 65.4 Å². The fraction of sp³-hybridized carbons (Fsp3) is 0. The van der Waals surface area contributed by atoms with Crippen molar-refractivity contribution in [3.8, 4) is 11.5 Å². The average Bonchev–Trinajstić information content (AvgIpc) is 3.08. The number of nitrogens with one attached hydrogen (secondary N) is 1. The summed E-state index contributed by atoms with van der Waals surface area (Å²) in [5, 5.41) is 10.1. The number of amides is 1. The minimum Gasteiger partial charge on any atom is -0.423 e. The Hall–Kier alpha value is -3.28. The Labute approximate surface area is 131 Å². The van der Waals surface area contributed by atoms with Crippen molar-refractivity contribution in [1.82, 2.24) is 10.2 Å². The predicted molar refractivity (Wildman–Crippen MR) is 83.8 cm³/mol. The van der Waals surface area contributed by atoms with Gasteiger partial charge in [0.15, 0.2) is 0 Å². The molecule has 0 bridgehead atoms. The summed E-state index contributed by atoms with van der Waals surface area (Å²) in [6, 6.07) is 13.0. The first-order chi connectivity index (χ1) is 11.2. The summed E-state index contributed by atoms with van der Waals surface area (Å²) >= 11 is 0. The third-order valence-electron chi connectivity index (χ3n) is 3.01. The molecule has 0 atom stereocenters. The number of carbonyl (C=O) groups is 1. The molecule has 0 saturated heterocycles. The Morgan fingerprint density at radius 2 is 2.04 bits per heavy atom. The largest absolute Gasteiger partial charge is 0.423 e. The number of carbonyl (C=O) groups excluding carboxylic acids is 1. The highest BCUT2D eigenvalue weighted by atomic mass is 19.1. The molecule has 1 amide bonds. The zero-order valence-electron chi connectivity index (χ0n) is 11.9. The standard InChI is InChI=1S/C17H12FN3O2/c18-14-5-1-3-12(9-14)7-8-16(22)20-15-6-2-4-13(10-15)17-21-19-11-23-17/h1-11H,(H,20,22)/b8-7+. The molecule has 2 aromatic carbocycles. The van der Waals surface area contributed by atoms with Crippen LogP contribution in [0.4, 0.5) is 10.1 Å². The van der Waals surface area contributed by atoms with Crippen LogP contribution in [-0.2, 0) is 4.79 Å². The molecule has 0 aliphatic heterocycles. The van der Waals surface area contributed by atoms with E-state index in [-0.39, 0.29) is 11.7 Å². The topological polar surface area (TPSA) is 68.0 Å². The van der Waals surface area contributed by atoms with Gasteiger partial charge in [-0.25, -0.2) is 4.39 Å². The van der Waals surface area contributed by atoms with Gasteiger partial charge in [-0.05, 0) is 42.0 Å². The molecule has 114 valence electrons. The van der Waals surface area contributed by atoms with Gasteiger partial charge >= 0.3 is 0 Å². The Morgan fingerprint density at radius 3 is 2.83 bits per heavy atom. The van der Waals surface area contributed by atoms with E-state index in [0.717, 1.165) is 0 Å². The molecule has 3 rings (SSSR count). The number of anilines is 1. The maximum atomic E-state index is 13.1. The molecule has 1 heterocycles. The van der Waals surface area contributed by atoms with Gasteiger partial charge in [-0.1, -0.05) is 18.2 Å². The quantitative estimate of drug-likeness (QED) is 0.749. The molecule has 0 radical (unpaired) electrons. The zero-order valence-corrected chi connectivity index (χ0v) is 11.9. The summed E-state index contributed by atoms with van der Waals surface area (Å²) < 4.78 is 18.2. The molecule has 3 aromatic rings. The van der Waals surface area contributed by atoms with E-state index in [1.807, 2.05) is 0 Å². The highest BCUT2D eigenvalue weighted by molar-refractivity contribution is 6.02. The van der Waals surface area contributed by atoms with Crippen molar-refractivity contribution >= 4 is 17.7 Å². The summed E-state index contributed by atoms with van der Waals surface area (Å²) in [6.07, 6.45) is 4.12. The first kappa shape index (κ1) is 14.6. The monoisotopic (exact) mass is 309 g/mol. The molecule has 0 aliphatic rings. The summed E-state index contributed by atoms with van der Waals surface area (Å²) in [5.74, 6) is -0.298. The van der Waals surface area contributed by atoms with Gasteiger partial charge in [0.2, 0.25) is 18.2 Å². The first-order valence-electron chi connectivity index (χ1n) is 6.82. The fourth-order valence-corrected chi connectivity index (χ4v) is 1.99. The van der Waals surface area contributed by atoms with E-state index in [9.17, 15) is 9.18 Å². The molecule has 1 N–H and O–H groups in total. The summed E-state index contributed by atoms with van der Waals surface area (Å²) in [6.45, 7) is 0. The maximum absolute atomic E-state index is 13.1. The van der Waals surface area contributed by atoms with Crippen molar-refractivity contribution in [2.24, 2.45) is 0 Å². The molecule has 23 heavy (non-hydrogen) atoms. The lowest BCUT2D eigenvalue weighted by atomic mass is 10.2. The van der Waals surface area contributed by atoms with Crippen LogP contribution in [0.1, 0.15) is 5.56 Å². The molecule has 0 saturated carbocycles. The smallest absolute Gasteiger partial charge is 0.248 e. The van der Waals surface area contributed by atoms with Crippen LogP contribution in [-0.4, -0.2) is 16.1 Å². The number of rotatable bonds is 4. The van der Waals surface area contributed by atoms with Gasteiger partial charge < -0.3 is 9.73 Å². The Balaban J connectivity index is 1.69. The van der Waals surface area contributed by atoms with Crippen LogP contribution < -0.4 is 5.32 Å². The number of halogens is 1. The van der Waals surface area contributed by atoms with Crippen molar-refractivity contribution in [3.05, 3.63) is 72.4 Å². The molecule has 0 spiro atoms. The molecule has 6 heteroatoms. The highest BCUT2D eigenvalue weighted by Crippen LogP contribution is 2.20. The third kappa shape index (κ3) is 3.88. The van der Waals surface area contributed by atoms with E-state index in [1.54, 1.807) is 42.5 Å². The predicted octanol–water partition coefficient (Wildman–Crippen LogP) is 3.53. The minimum atomic E-state index is -0.347. The normalized spacial score (nSPS) is 10.8. The van der Waals surface area contributed by atoms with Gasteiger partial charge in [0.1, 0.15) is 5.82 Å². The fourth-order valence-electron chi connectivity index (χ4n) is 1.99. The van der Waals surface area contributed by atoms with Crippen molar-refractivity contribution in [1.29, 1.82) is 0 Å². The number of benzene rings is 2. The van der Waals surface area contributed by atoms with Crippen molar-refractivity contribution < 1.29 is 13.6 Å². The SMILES string of the molecule is O=C(/C=C/c1cccc(F)c1)Nc1cccc(-c2nnco2)c1. The molecule has 1 aromatic heterocycles. The Morgan fingerprint density at radius 1 is 1.17 bits per heavy atom. The average molecular weight is 309 g/mol. The van der Waals surface area contributed by atoms with Crippen LogP contribution in [0.2, 0.25) is 0 Å². The van der Waals surface area contributed by atoms with Gasteiger partial charge in [0, 0.05) is 17.3 Å². The van der Waals surface area contributed by atoms with Gasteiger partial charge in [0.25, 0.3) is 0 Å². The van der Waals surface area contributed by atoms with E-state index >= 15 is 0 Å². The third-order valence-corrected chi connectivity index (χ3v) is 3.01. The van der Waals surface area contributed by atoms with Crippen molar-refractivity contribution in [3.63, 3.8) is 0 Å². The first-order valence-corrected chi connectivity index (χ1v) is 6.82. The zero-order chi connectivity index (χ0) is 16.1. The van der Waals surface area contributed by atoms with Crippen molar-refractivity contribution in [2.75, 3.05) is 5.32 Å². The van der Waals surface area contributed by atoms with E-state index < -0.39 is 0 Å². The molecule has 0 aliphatic carbocycles. The van der Waals surface area contributed by atoms with E-state index in [0.29, 0.717) is 22.7 Å².